The summed E-state index contributed by atoms with van der Waals surface area (Å²) in [6.45, 7) is 4.41. The van der Waals surface area contributed by atoms with Crippen molar-refractivity contribution < 1.29 is 14.4 Å². The maximum absolute atomic E-state index is 13.0. The van der Waals surface area contributed by atoms with Crippen molar-refractivity contribution >= 4 is 46.7 Å². The Morgan fingerprint density at radius 3 is 2.66 bits per heavy atom. The molecule has 0 bridgehead atoms. The number of anilines is 1. The molecule has 0 radical (unpaired) electrons. The highest BCUT2D eigenvalue weighted by atomic mass is 35.5. The molecule has 1 fully saturated rings. The van der Waals surface area contributed by atoms with Crippen molar-refractivity contribution in [1.82, 2.24) is 15.1 Å². The van der Waals surface area contributed by atoms with Gasteiger partial charge < -0.3 is 20.4 Å². The second-order valence-corrected chi connectivity index (χ2v) is 8.84. The molecule has 2 aliphatic heterocycles. The van der Waals surface area contributed by atoms with Crippen LogP contribution >= 0.6 is 23.2 Å². The third-order valence-electron chi connectivity index (χ3n) is 5.66. The van der Waals surface area contributed by atoms with Crippen molar-refractivity contribution in [2.24, 2.45) is 0 Å². The number of halogens is 2. The largest absolute Gasteiger partial charge is 0.329 e. The van der Waals surface area contributed by atoms with Crippen LogP contribution in [0.1, 0.15) is 34.3 Å². The van der Waals surface area contributed by atoms with Crippen LogP contribution in [0.2, 0.25) is 10.0 Å². The molecule has 1 saturated heterocycles. The molecule has 2 aliphatic rings. The first-order chi connectivity index (χ1) is 15.2. The number of fused-ring (bicyclic) bond motifs is 1. The summed E-state index contributed by atoms with van der Waals surface area (Å²) < 4.78 is 0. The molecule has 0 spiro atoms. The van der Waals surface area contributed by atoms with E-state index in [2.05, 4.69) is 17.2 Å². The molecule has 1 atom stereocenters. The Kier molecular flexibility index (Phi) is 6.13. The normalized spacial score (nSPS) is 17.8. The van der Waals surface area contributed by atoms with Crippen molar-refractivity contribution in [2.45, 2.75) is 32.0 Å². The number of allylic oxidation sites excluding steroid dienone is 1. The SMILES string of the molecule is C=C1CCC(N2Cc3c(CN(C)C(=O)Nc4cc(Cl)cc(Cl)c4)cccc3C2=O)C(=O)N1. The van der Waals surface area contributed by atoms with Crippen molar-refractivity contribution in [3.63, 3.8) is 0 Å². The van der Waals surface area contributed by atoms with Gasteiger partial charge in [-0.1, -0.05) is 41.9 Å². The average molecular weight is 473 g/mol. The first kappa shape index (κ1) is 22.2. The van der Waals surface area contributed by atoms with Crippen LogP contribution in [-0.4, -0.2) is 40.7 Å². The number of nitrogens with zero attached hydrogens (tertiary/aromatic N) is 2. The van der Waals surface area contributed by atoms with E-state index >= 15 is 0 Å². The van der Waals surface area contributed by atoms with Crippen LogP contribution < -0.4 is 10.6 Å². The number of hydrogen-bond donors (Lipinski definition) is 2. The van der Waals surface area contributed by atoms with E-state index in [0.29, 0.717) is 46.4 Å². The first-order valence-corrected chi connectivity index (χ1v) is 10.9. The summed E-state index contributed by atoms with van der Waals surface area (Å²) in [7, 11) is 1.66. The van der Waals surface area contributed by atoms with Crippen LogP contribution in [0.3, 0.4) is 0 Å². The Bertz CT molecular complexity index is 1110. The minimum Gasteiger partial charge on any atom is -0.329 e. The molecule has 4 amide bonds. The molecule has 166 valence electrons. The Hall–Kier alpha value is -3.03. The lowest BCUT2D eigenvalue weighted by atomic mass is 10.0. The average Bonchev–Trinajstić information content (AvgIpc) is 3.05. The Morgan fingerprint density at radius 1 is 1.25 bits per heavy atom. The number of hydrogen-bond acceptors (Lipinski definition) is 3. The third kappa shape index (κ3) is 4.45. The number of nitrogens with one attached hydrogen (secondary N) is 2. The molecule has 7 nitrogen and oxygen atoms in total. The molecule has 9 heteroatoms. The number of carbonyl (C=O) groups excluding carboxylic acids is 3. The van der Waals surface area contributed by atoms with Crippen LogP contribution in [0, 0.1) is 0 Å². The molecular weight excluding hydrogens is 451 g/mol. The lowest BCUT2D eigenvalue weighted by molar-refractivity contribution is -0.126. The molecule has 4 rings (SSSR count). The molecular formula is C23H22Cl2N4O3. The van der Waals surface area contributed by atoms with Crippen molar-refractivity contribution in [1.29, 1.82) is 0 Å². The van der Waals surface area contributed by atoms with Gasteiger partial charge in [-0.25, -0.2) is 4.79 Å². The highest BCUT2D eigenvalue weighted by Crippen LogP contribution is 2.31. The highest BCUT2D eigenvalue weighted by molar-refractivity contribution is 6.35. The quantitative estimate of drug-likeness (QED) is 0.691. The third-order valence-corrected chi connectivity index (χ3v) is 6.10. The van der Waals surface area contributed by atoms with Gasteiger partial charge in [-0.15, -0.1) is 0 Å². The van der Waals surface area contributed by atoms with Gasteiger partial charge in [0, 0.05) is 47.1 Å². The number of urea groups is 1. The summed E-state index contributed by atoms with van der Waals surface area (Å²) in [5.41, 5.74) is 3.41. The van der Waals surface area contributed by atoms with Crippen LogP contribution in [0.15, 0.2) is 48.7 Å². The standard InChI is InChI=1S/C23H22Cl2N4O3/c1-13-6-7-20(21(30)26-13)29-12-19-14(4-3-5-18(19)22(29)31)11-28(2)23(32)27-17-9-15(24)8-16(25)10-17/h3-5,8-10,20H,1,6-7,11-12H2,2H3,(H,26,30)(H,27,32). The summed E-state index contributed by atoms with van der Waals surface area (Å²) in [5.74, 6) is -0.379. The van der Waals surface area contributed by atoms with Gasteiger partial charge in [0.05, 0.1) is 0 Å². The summed E-state index contributed by atoms with van der Waals surface area (Å²) >= 11 is 12.0. The monoisotopic (exact) mass is 472 g/mol. The van der Waals surface area contributed by atoms with Gasteiger partial charge in [0.15, 0.2) is 0 Å². The van der Waals surface area contributed by atoms with Gasteiger partial charge in [0.1, 0.15) is 6.04 Å². The zero-order valence-electron chi connectivity index (χ0n) is 17.5. The van der Waals surface area contributed by atoms with Crippen molar-refractivity contribution in [2.75, 3.05) is 12.4 Å². The molecule has 0 aromatic heterocycles. The van der Waals surface area contributed by atoms with Crippen LogP contribution in [0.5, 0.6) is 0 Å². The van der Waals surface area contributed by atoms with E-state index in [1.807, 2.05) is 6.07 Å². The number of piperidine rings is 1. The van der Waals surface area contributed by atoms with Gasteiger partial charge in [-0.05, 0) is 48.2 Å². The summed E-state index contributed by atoms with van der Waals surface area (Å²) in [5, 5.41) is 6.35. The van der Waals surface area contributed by atoms with Gasteiger partial charge in [0.25, 0.3) is 5.91 Å². The lowest BCUT2D eigenvalue weighted by Crippen LogP contribution is -2.49. The van der Waals surface area contributed by atoms with Crippen molar-refractivity contribution in [3.8, 4) is 0 Å². The molecule has 2 aromatic carbocycles. The van der Waals surface area contributed by atoms with E-state index in [1.165, 1.54) is 4.90 Å². The molecule has 2 aromatic rings. The van der Waals surface area contributed by atoms with E-state index in [0.717, 1.165) is 11.1 Å². The van der Waals surface area contributed by atoms with E-state index in [-0.39, 0.29) is 24.4 Å². The predicted molar refractivity (Wildman–Crippen MR) is 124 cm³/mol. The molecule has 0 saturated carbocycles. The summed E-state index contributed by atoms with van der Waals surface area (Å²) in [6.07, 6.45) is 1.18. The molecule has 32 heavy (non-hydrogen) atoms. The van der Waals surface area contributed by atoms with Gasteiger partial charge in [0.2, 0.25) is 5.91 Å². The highest BCUT2D eigenvalue weighted by Gasteiger charge is 2.38. The van der Waals surface area contributed by atoms with E-state index in [9.17, 15) is 14.4 Å². The van der Waals surface area contributed by atoms with Crippen molar-refractivity contribution in [3.05, 3.63) is 75.4 Å². The molecule has 0 aliphatic carbocycles. The van der Waals surface area contributed by atoms with Crippen LogP contribution in [0.4, 0.5) is 10.5 Å². The first-order valence-electron chi connectivity index (χ1n) is 10.1. The fourth-order valence-electron chi connectivity index (χ4n) is 4.05. The maximum Gasteiger partial charge on any atom is 0.321 e. The zero-order valence-corrected chi connectivity index (χ0v) is 19.0. The van der Waals surface area contributed by atoms with Crippen LogP contribution in [-0.2, 0) is 17.9 Å². The number of amides is 4. The topological polar surface area (TPSA) is 81.8 Å². The maximum atomic E-state index is 13.0. The molecule has 2 heterocycles. The van der Waals surface area contributed by atoms with Gasteiger partial charge >= 0.3 is 6.03 Å². The minimum absolute atomic E-state index is 0.171. The molecule has 2 N–H and O–H groups in total. The fraction of sp³-hybridized carbons (Fsp3) is 0.261. The van der Waals surface area contributed by atoms with Crippen LogP contribution in [0.25, 0.3) is 0 Å². The Morgan fingerprint density at radius 2 is 1.97 bits per heavy atom. The number of carbonyl (C=O) groups is 3. The van der Waals surface area contributed by atoms with Gasteiger partial charge in [-0.2, -0.15) is 0 Å². The summed E-state index contributed by atoms with van der Waals surface area (Å²) in [4.78, 5) is 41.2. The minimum atomic E-state index is -0.526. The second kappa shape index (κ2) is 8.84. The lowest BCUT2D eigenvalue weighted by Gasteiger charge is -2.31. The zero-order chi connectivity index (χ0) is 23.0. The fourth-order valence-corrected chi connectivity index (χ4v) is 4.58. The summed E-state index contributed by atoms with van der Waals surface area (Å²) in [6, 6.07) is 9.38. The van der Waals surface area contributed by atoms with E-state index in [4.69, 9.17) is 23.2 Å². The Balaban J connectivity index is 1.49. The smallest absolute Gasteiger partial charge is 0.321 e. The van der Waals surface area contributed by atoms with E-state index < -0.39 is 6.04 Å². The number of benzene rings is 2. The molecule has 1 unspecified atom stereocenters. The number of rotatable bonds is 4. The van der Waals surface area contributed by atoms with E-state index in [1.54, 1.807) is 42.3 Å². The second-order valence-electron chi connectivity index (χ2n) is 7.97. The Labute approximate surface area is 196 Å². The predicted octanol–water partition coefficient (Wildman–Crippen LogP) is 4.41. The van der Waals surface area contributed by atoms with Gasteiger partial charge in [-0.3, -0.25) is 9.59 Å².